The number of fused-ring (bicyclic) bond motifs is 3. The molecule has 0 bridgehead atoms. The van der Waals surface area contributed by atoms with Crippen LogP contribution in [0.4, 0.5) is 13.2 Å². The summed E-state index contributed by atoms with van der Waals surface area (Å²) in [5.41, 5.74) is -4.01. The second-order valence-electron chi connectivity index (χ2n) is 10.6. The predicted octanol–water partition coefficient (Wildman–Crippen LogP) is 3.26. The molecule has 1 aliphatic carbocycles. The van der Waals surface area contributed by atoms with Crippen molar-refractivity contribution in [1.29, 1.82) is 0 Å². The van der Waals surface area contributed by atoms with Crippen molar-refractivity contribution in [3.05, 3.63) is 89.2 Å². The Morgan fingerprint density at radius 3 is 2.39 bits per heavy atom. The Kier molecular flexibility index (Phi) is 6.80. The van der Waals surface area contributed by atoms with Gasteiger partial charge in [0.15, 0.2) is 11.2 Å². The van der Waals surface area contributed by atoms with E-state index in [1.807, 2.05) is 4.90 Å². The Balaban J connectivity index is 1.65. The topological polar surface area (TPSA) is 101 Å². The lowest BCUT2D eigenvalue weighted by Gasteiger charge is -2.42. The van der Waals surface area contributed by atoms with Gasteiger partial charge in [-0.05, 0) is 23.3 Å². The summed E-state index contributed by atoms with van der Waals surface area (Å²) in [6.07, 6.45) is -2.69. The highest BCUT2D eigenvalue weighted by molar-refractivity contribution is 5.64. The van der Waals surface area contributed by atoms with Gasteiger partial charge in [-0.15, -0.1) is 0 Å². The summed E-state index contributed by atoms with van der Waals surface area (Å²) in [5, 5.41) is 25.1. The van der Waals surface area contributed by atoms with E-state index in [9.17, 15) is 28.2 Å². The van der Waals surface area contributed by atoms with Crippen molar-refractivity contribution in [2.45, 2.75) is 35.4 Å². The van der Waals surface area contributed by atoms with E-state index in [1.165, 1.54) is 31.6 Å². The number of pyridine rings is 1. The summed E-state index contributed by atoms with van der Waals surface area (Å²) in [6, 6.07) is 12.5. The number of benzene rings is 2. The lowest BCUT2D eigenvalue weighted by Crippen LogP contribution is -2.53. The minimum atomic E-state index is -4.59. The van der Waals surface area contributed by atoms with Crippen LogP contribution in [0.25, 0.3) is 0 Å². The number of methoxy groups -OCH3 is 1. The van der Waals surface area contributed by atoms with E-state index in [-0.39, 0.29) is 22.6 Å². The van der Waals surface area contributed by atoms with Crippen LogP contribution in [0.15, 0.2) is 67.0 Å². The average Bonchev–Trinajstić information content (AvgIpc) is 3.37. The summed E-state index contributed by atoms with van der Waals surface area (Å²) in [5.74, 6) is -1.57. The van der Waals surface area contributed by atoms with E-state index >= 15 is 0 Å². The number of rotatable bonds is 6. The number of morpholine rings is 1. The van der Waals surface area contributed by atoms with Gasteiger partial charge in [0.05, 0.1) is 56.0 Å². The molecule has 41 heavy (non-hydrogen) atoms. The van der Waals surface area contributed by atoms with E-state index in [1.54, 1.807) is 30.3 Å². The zero-order valence-corrected chi connectivity index (χ0v) is 22.1. The molecule has 0 amide bonds. The molecule has 3 aromatic rings. The number of ether oxygens (including phenoxy) is 3. The smallest absolute Gasteiger partial charge is 0.416 e. The molecule has 1 saturated heterocycles. The summed E-state index contributed by atoms with van der Waals surface area (Å²) < 4.78 is 58.4. The molecule has 2 fully saturated rings. The van der Waals surface area contributed by atoms with Crippen molar-refractivity contribution >= 4 is 6.29 Å². The van der Waals surface area contributed by atoms with Gasteiger partial charge in [-0.2, -0.15) is 13.2 Å². The fourth-order valence-corrected chi connectivity index (χ4v) is 7.03. The summed E-state index contributed by atoms with van der Waals surface area (Å²) in [6.45, 7) is 1.61. The van der Waals surface area contributed by atoms with E-state index in [0.717, 1.165) is 18.4 Å². The molecule has 6 rings (SSSR count). The van der Waals surface area contributed by atoms with Crippen molar-refractivity contribution in [1.82, 2.24) is 9.88 Å². The molecule has 1 saturated carbocycles. The summed E-state index contributed by atoms with van der Waals surface area (Å²) in [7, 11) is 1.38. The van der Waals surface area contributed by atoms with Crippen LogP contribution in [0.2, 0.25) is 0 Å². The van der Waals surface area contributed by atoms with E-state index in [0.29, 0.717) is 31.9 Å². The first-order valence-electron chi connectivity index (χ1n) is 13.3. The molecule has 8 nitrogen and oxygen atoms in total. The maximum absolute atomic E-state index is 13.6. The second-order valence-corrected chi connectivity index (χ2v) is 10.6. The van der Waals surface area contributed by atoms with Crippen LogP contribution in [0, 0.1) is 5.92 Å². The highest BCUT2D eigenvalue weighted by Crippen LogP contribution is 2.70. The van der Waals surface area contributed by atoms with E-state index in [4.69, 9.17) is 14.2 Å². The largest absolute Gasteiger partial charge is 0.495 e. The molecule has 2 aliphatic heterocycles. The number of aliphatic hydroxyl groups excluding tert-OH is 1. The Labute approximate surface area is 234 Å². The number of hydrogen-bond acceptors (Lipinski definition) is 8. The zero-order valence-electron chi connectivity index (χ0n) is 22.1. The number of aromatic nitrogens is 1. The molecule has 0 radical (unpaired) electrons. The maximum atomic E-state index is 13.6. The van der Waals surface area contributed by atoms with Crippen LogP contribution >= 0.6 is 0 Å². The van der Waals surface area contributed by atoms with Gasteiger partial charge in [-0.25, -0.2) is 0 Å². The average molecular weight is 571 g/mol. The molecule has 0 spiro atoms. The molecular weight excluding hydrogens is 541 g/mol. The number of aldehydes is 1. The fraction of sp³-hybridized carbons (Fsp3) is 0.400. The monoisotopic (exact) mass is 570 g/mol. The van der Waals surface area contributed by atoms with Crippen molar-refractivity contribution < 1.29 is 42.4 Å². The lowest BCUT2D eigenvalue weighted by atomic mass is 9.70. The van der Waals surface area contributed by atoms with E-state index in [2.05, 4.69) is 4.98 Å². The third kappa shape index (κ3) is 3.98. The van der Waals surface area contributed by atoms with Gasteiger partial charge in [0.25, 0.3) is 0 Å². The highest BCUT2D eigenvalue weighted by Gasteiger charge is 2.78. The van der Waals surface area contributed by atoms with Crippen LogP contribution in [-0.4, -0.2) is 71.9 Å². The third-order valence-corrected chi connectivity index (χ3v) is 8.73. The number of nitrogens with zero attached hydrogens (tertiary/aromatic N) is 2. The van der Waals surface area contributed by atoms with Crippen LogP contribution < -0.4 is 9.47 Å². The van der Waals surface area contributed by atoms with Gasteiger partial charge in [0, 0.05) is 24.9 Å². The minimum absolute atomic E-state index is 0.123. The summed E-state index contributed by atoms with van der Waals surface area (Å²) in [4.78, 5) is 18.9. The van der Waals surface area contributed by atoms with Crippen LogP contribution in [0.5, 0.6) is 11.5 Å². The van der Waals surface area contributed by atoms with Crippen LogP contribution in [-0.2, 0) is 26.9 Å². The van der Waals surface area contributed by atoms with Gasteiger partial charge in [0.1, 0.15) is 17.8 Å². The highest BCUT2D eigenvalue weighted by atomic mass is 19.4. The molecule has 1 aromatic heterocycles. The number of alkyl halides is 3. The van der Waals surface area contributed by atoms with Crippen LogP contribution in [0.1, 0.15) is 28.2 Å². The Bertz CT molecular complexity index is 1420. The molecule has 11 heteroatoms. The first-order valence-corrected chi connectivity index (χ1v) is 13.3. The van der Waals surface area contributed by atoms with E-state index < -0.39 is 46.9 Å². The molecular formula is C30H29F3N2O6. The standard InChI is InChI=1S/C30H29F3N2O6/c1-39-22-15-34-16-23-26(22)28(38)27(37)24(21(17-36)35-11-13-40-14-12-35)25(18-5-3-2-4-6-18)29(28,41-23)19-7-9-20(10-8-19)30(31,32)33/h2-10,15-17,21,24-25,27,37-38H,11-14H2,1H3/t21?,24-,25-,27-,28+,29+/m1/s1. The van der Waals surface area contributed by atoms with Crippen LogP contribution in [0.3, 0.4) is 0 Å². The molecule has 3 heterocycles. The van der Waals surface area contributed by atoms with Gasteiger partial charge in [-0.1, -0.05) is 42.5 Å². The minimum Gasteiger partial charge on any atom is -0.495 e. The molecule has 216 valence electrons. The maximum Gasteiger partial charge on any atom is 0.416 e. The number of halogens is 3. The number of carbonyl (C=O) groups excluding carboxylic acids is 1. The molecule has 3 aliphatic rings. The number of carbonyl (C=O) groups is 1. The predicted molar refractivity (Wildman–Crippen MR) is 139 cm³/mol. The number of hydrogen-bond donors (Lipinski definition) is 2. The van der Waals surface area contributed by atoms with Crippen molar-refractivity contribution in [2.24, 2.45) is 5.92 Å². The van der Waals surface area contributed by atoms with Gasteiger partial charge >= 0.3 is 6.18 Å². The molecule has 6 atom stereocenters. The first kappa shape index (κ1) is 27.6. The van der Waals surface area contributed by atoms with Crippen molar-refractivity contribution in [3.63, 3.8) is 0 Å². The van der Waals surface area contributed by atoms with Gasteiger partial charge < -0.3 is 29.2 Å². The molecule has 2 N–H and O–H groups in total. The van der Waals surface area contributed by atoms with Gasteiger partial charge in [-0.3, -0.25) is 9.88 Å². The fourth-order valence-electron chi connectivity index (χ4n) is 7.03. The lowest BCUT2D eigenvalue weighted by molar-refractivity contribution is -0.154. The Morgan fingerprint density at radius 1 is 1.10 bits per heavy atom. The Morgan fingerprint density at radius 2 is 1.78 bits per heavy atom. The van der Waals surface area contributed by atoms with Gasteiger partial charge in [0.2, 0.25) is 0 Å². The quantitative estimate of drug-likeness (QED) is 0.436. The number of aliphatic hydroxyl groups is 2. The SMILES string of the molecule is COc1cncc2c1[C@]1(O)[C@H](O)[C@H](C(C=O)N3CCOCC3)[C@@H](c3ccccc3)[C@]1(c1ccc(C(F)(F)F)cc1)O2. The third-order valence-electron chi connectivity index (χ3n) is 8.73. The Hall–Kier alpha value is -3.51. The second kappa shape index (κ2) is 10.1. The van der Waals surface area contributed by atoms with Crippen molar-refractivity contribution in [2.75, 3.05) is 33.4 Å². The molecule has 1 unspecified atom stereocenters. The first-order chi connectivity index (χ1) is 19.7. The normalized spacial score (nSPS) is 30.2. The molecule has 2 aromatic carbocycles. The summed E-state index contributed by atoms with van der Waals surface area (Å²) >= 11 is 0. The van der Waals surface area contributed by atoms with Crippen molar-refractivity contribution in [3.8, 4) is 11.5 Å². The zero-order chi connectivity index (χ0) is 29.0.